The number of hydrogen-bond acceptors (Lipinski definition) is 2. The second-order valence-electron chi connectivity index (χ2n) is 3.76. The van der Waals surface area contributed by atoms with E-state index in [9.17, 15) is 9.59 Å². The van der Waals surface area contributed by atoms with Crippen molar-refractivity contribution < 1.29 is 9.59 Å². The van der Waals surface area contributed by atoms with Gasteiger partial charge in [0.05, 0.1) is 0 Å². The molecule has 1 rings (SSSR count). The Labute approximate surface area is 109 Å². The standard InChI is InChI=1S/C12H15BrN2O2/c1-3-8(2)11(16)14-15-12(17)9-4-6-10(13)7-5-9/h4-8H,3H2,1-2H3,(H,14,16)(H,15,17). The summed E-state index contributed by atoms with van der Waals surface area (Å²) in [6.07, 6.45) is 0.736. The van der Waals surface area contributed by atoms with Gasteiger partial charge in [-0.15, -0.1) is 0 Å². The van der Waals surface area contributed by atoms with Gasteiger partial charge in [-0.05, 0) is 30.7 Å². The predicted octanol–water partition coefficient (Wildman–Crippen LogP) is 2.26. The Hall–Kier alpha value is -1.36. The van der Waals surface area contributed by atoms with E-state index < -0.39 is 0 Å². The number of hydrogen-bond donors (Lipinski definition) is 2. The zero-order valence-corrected chi connectivity index (χ0v) is 11.4. The minimum absolute atomic E-state index is 0.111. The predicted molar refractivity (Wildman–Crippen MR) is 69.2 cm³/mol. The molecule has 1 aromatic carbocycles. The summed E-state index contributed by atoms with van der Waals surface area (Å²) >= 11 is 3.28. The van der Waals surface area contributed by atoms with Crippen LogP contribution in [0.2, 0.25) is 0 Å². The molecule has 1 atom stereocenters. The van der Waals surface area contributed by atoms with E-state index in [2.05, 4.69) is 26.8 Å². The molecule has 0 bridgehead atoms. The molecule has 0 heterocycles. The fourth-order valence-corrected chi connectivity index (χ4v) is 1.36. The van der Waals surface area contributed by atoms with Crippen LogP contribution in [0.5, 0.6) is 0 Å². The van der Waals surface area contributed by atoms with Crippen molar-refractivity contribution in [1.82, 2.24) is 10.9 Å². The molecule has 2 N–H and O–H groups in total. The van der Waals surface area contributed by atoms with Crippen LogP contribution in [0.4, 0.5) is 0 Å². The Kier molecular flexibility index (Phi) is 5.15. The molecule has 0 aromatic heterocycles. The van der Waals surface area contributed by atoms with Crippen LogP contribution < -0.4 is 10.9 Å². The van der Waals surface area contributed by atoms with Crippen LogP contribution in [0.1, 0.15) is 30.6 Å². The van der Waals surface area contributed by atoms with E-state index in [0.29, 0.717) is 5.56 Å². The van der Waals surface area contributed by atoms with Crippen molar-refractivity contribution in [3.05, 3.63) is 34.3 Å². The number of benzene rings is 1. The zero-order chi connectivity index (χ0) is 12.8. The molecule has 0 fully saturated rings. The maximum Gasteiger partial charge on any atom is 0.269 e. The SMILES string of the molecule is CCC(C)C(=O)NNC(=O)c1ccc(Br)cc1. The lowest BCUT2D eigenvalue weighted by Crippen LogP contribution is -2.43. The minimum atomic E-state index is -0.325. The first-order valence-corrected chi connectivity index (χ1v) is 6.19. The highest BCUT2D eigenvalue weighted by Crippen LogP contribution is 2.10. The third-order valence-electron chi connectivity index (χ3n) is 2.47. The average molecular weight is 299 g/mol. The first-order valence-electron chi connectivity index (χ1n) is 5.40. The van der Waals surface area contributed by atoms with Crippen LogP contribution >= 0.6 is 15.9 Å². The van der Waals surface area contributed by atoms with Crippen molar-refractivity contribution in [3.63, 3.8) is 0 Å². The van der Waals surface area contributed by atoms with Crippen LogP contribution in [-0.2, 0) is 4.79 Å². The second-order valence-corrected chi connectivity index (χ2v) is 4.68. The van der Waals surface area contributed by atoms with Gasteiger partial charge in [-0.3, -0.25) is 20.4 Å². The molecule has 2 amide bonds. The second kappa shape index (κ2) is 6.39. The molecule has 0 saturated carbocycles. The zero-order valence-electron chi connectivity index (χ0n) is 9.79. The van der Waals surface area contributed by atoms with Gasteiger partial charge in [-0.25, -0.2) is 0 Å². The van der Waals surface area contributed by atoms with E-state index in [1.165, 1.54) is 0 Å². The van der Waals surface area contributed by atoms with Crippen LogP contribution in [-0.4, -0.2) is 11.8 Å². The number of hydrazine groups is 1. The number of halogens is 1. The van der Waals surface area contributed by atoms with Crippen molar-refractivity contribution >= 4 is 27.7 Å². The smallest absolute Gasteiger partial charge is 0.269 e. The van der Waals surface area contributed by atoms with Gasteiger partial charge in [-0.2, -0.15) is 0 Å². The highest BCUT2D eigenvalue weighted by atomic mass is 79.9. The Bertz CT molecular complexity index is 403. The fourth-order valence-electron chi connectivity index (χ4n) is 1.10. The van der Waals surface area contributed by atoms with Gasteiger partial charge in [0.1, 0.15) is 0 Å². The molecule has 0 radical (unpaired) electrons. The van der Waals surface area contributed by atoms with Gasteiger partial charge in [0.25, 0.3) is 5.91 Å². The Morgan fingerprint density at radius 3 is 2.35 bits per heavy atom. The molecule has 1 unspecified atom stereocenters. The maximum absolute atomic E-state index is 11.6. The first-order chi connectivity index (χ1) is 8.04. The van der Waals surface area contributed by atoms with Crippen molar-refractivity contribution in [2.75, 3.05) is 0 Å². The van der Waals surface area contributed by atoms with Crippen molar-refractivity contribution in [1.29, 1.82) is 0 Å². The summed E-state index contributed by atoms with van der Waals surface area (Å²) in [5, 5.41) is 0. The summed E-state index contributed by atoms with van der Waals surface area (Å²) < 4.78 is 0.901. The Balaban J connectivity index is 2.50. The van der Waals surface area contributed by atoms with Crippen LogP contribution in [0.15, 0.2) is 28.7 Å². The molecule has 1 aromatic rings. The third kappa shape index (κ3) is 4.19. The van der Waals surface area contributed by atoms with Crippen LogP contribution in [0.25, 0.3) is 0 Å². The molecule has 0 aliphatic rings. The number of nitrogens with one attached hydrogen (secondary N) is 2. The molecular weight excluding hydrogens is 284 g/mol. The maximum atomic E-state index is 11.6. The van der Waals surface area contributed by atoms with E-state index >= 15 is 0 Å². The number of amides is 2. The molecule has 0 saturated heterocycles. The number of carbonyl (C=O) groups excluding carboxylic acids is 2. The lowest BCUT2D eigenvalue weighted by atomic mass is 10.1. The summed E-state index contributed by atoms with van der Waals surface area (Å²) in [6, 6.07) is 6.89. The summed E-state index contributed by atoms with van der Waals surface area (Å²) in [6.45, 7) is 3.72. The normalized spacial score (nSPS) is 11.7. The van der Waals surface area contributed by atoms with Gasteiger partial charge in [0, 0.05) is 16.0 Å². The highest BCUT2D eigenvalue weighted by molar-refractivity contribution is 9.10. The summed E-state index contributed by atoms with van der Waals surface area (Å²) in [7, 11) is 0. The average Bonchev–Trinajstić information content (AvgIpc) is 2.35. The summed E-state index contributed by atoms with van der Waals surface area (Å²) in [5.74, 6) is -0.618. The van der Waals surface area contributed by atoms with Gasteiger partial charge in [0.2, 0.25) is 5.91 Å². The fraction of sp³-hybridized carbons (Fsp3) is 0.333. The summed E-state index contributed by atoms with van der Waals surface area (Å²) in [5.41, 5.74) is 5.27. The first kappa shape index (κ1) is 13.7. The van der Waals surface area contributed by atoms with Gasteiger partial charge in [0.15, 0.2) is 0 Å². The van der Waals surface area contributed by atoms with Crippen LogP contribution in [0.3, 0.4) is 0 Å². The van der Waals surface area contributed by atoms with Gasteiger partial charge >= 0.3 is 0 Å². The Morgan fingerprint density at radius 1 is 1.24 bits per heavy atom. The highest BCUT2D eigenvalue weighted by Gasteiger charge is 2.11. The van der Waals surface area contributed by atoms with Gasteiger partial charge < -0.3 is 0 Å². The van der Waals surface area contributed by atoms with E-state index in [0.717, 1.165) is 10.9 Å². The number of carbonyl (C=O) groups is 2. The van der Waals surface area contributed by atoms with Crippen molar-refractivity contribution in [2.24, 2.45) is 5.92 Å². The van der Waals surface area contributed by atoms with E-state index in [-0.39, 0.29) is 17.7 Å². The topological polar surface area (TPSA) is 58.2 Å². The number of rotatable bonds is 3. The van der Waals surface area contributed by atoms with Crippen molar-refractivity contribution in [2.45, 2.75) is 20.3 Å². The molecule has 0 aliphatic heterocycles. The largest absolute Gasteiger partial charge is 0.273 e. The monoisotopic (exact) mass is 298 g/mol. The quantitative estimate of drug-likeness (QED) is 0.841. The van der Waals surface area contributed by atoms with E-state index in [1.54, 1.807) is 31.2 Å². The Morgan fingerprint density at radius 2 is 1.82 bits per heavy atom. The van der Waals surface area contributed by atoms with E-state index in [4.69, 9.17) is 0 Å². The van der Waals surface area contributed by atoms with Crippen LogP contribution in [0, 0.1) is 5.92 Å². The lowest BCUT2D eigenvalue weighted by molar-refractivity contribution is -0.125. The van der Waals surface area contributed by atoms with Gasteiger partial charge in [-0.1, -0.05) is 29.8 Å². The molecule has 0 aliphatic carbocycles. The molecule has 4 nitrogen and oxygen atoms in total. The molecular formula is C12H15BrN2O2. The third-order valence-corrected chi connectivity index (χ3v) is 2.99. The van der Waals surface area contributed by atoms with Crippen molar-refractivity contribution in [3.8, 4) is 0 Å². The molecule has 5 heteroatoms. The minimum Gasteiger partial charge on any atom is -0.273 e. The summed E-state index contributed by atoms with van der Waals surface area (Å²) in [4.78, 5) is 23.1. The molecule has 0 spiro atoms. The lowest BCUT2D eigenvalue weighted by Gasteiger charge is -2.10. The molecule has 92 valence electrons. The van der Waals surface area contributed by atoms with E-state index in [1.807, 2.05) is 6.92 Å². The molecule has 17 heavy (non-hydrogen) atoms.